The van der Waals surface area contributed by atoms with Crippen LogP contribution in [0, 0.1) is 0 Å². The first-order valence-electron chi connectivity index (χ1n) is 3.61. The first kappa shape index (κ1) is 10.1. The molecule has 13 heavy (non-hydrogen) atoms. The van der Waals surface area contributed by atoms with Crippen LogP contribution in [-0.4, -0.2) is 24.6 Å². The van der Waals surface area contributed by atoms with Crippen LogP contribution in [0.5, 0.6) is 0 Å². The largest absolute Gasteiger partial charge is 0.375 e. The number of aromatic nitrogens is 1. The number of methoxy groups -OCH3 is 1. The molecule has 0 aliphatic heterocycles. The van der Waals surface area contributed by atoms with E-state index < -0.39 is 0 Å². The zero-order valence-electron chi connectivity index (χ0n) is 7.08. The molecule has 0 fully saturated rings. The summed E-state index contributed by atoms with van der Waals surface area (Å²) >= 11 is 3.25. The number of hydrogen-bond acceptors (Lipinski definition) is 3. The van der Waals surface area contributed by atoms with Crippen molar-refractivity contribution in [3.8, 4) is 0 Å². The van der Waals surface area contributed by atoms with Gasteiger partial charge >= 0.3 is 0 Å². The fraction of sp³-hybridized carbons (Fsp3) is 0.250. The van der Waals surface area contributed by atoms with Gasteiger partial charge in [-0.05, 0) is 22.0 Å². The van der Waals surface area contributed by atoms with Crippen LogP contribution >= 0.6 is 15.9 Å². The second kappa shape index (κ2) is 4.94. The molecular formula is C8H9BrN2O2. The van der Waals surface area contributed by atoms with Crippen LogP contribution in [0.25, 0.3) is 0 Å². The van der Waals surface area contributed by atoms with Crippen molar-refractivity contribution in [2.75, 3.05) is 19.0 Å². The Hall–Kier alpha value is -0.940. The van der Waals surface area contributed by atoms with Crippen LogP contribution in [0.15, 0.2) is 22.9 Å². The van der Waals surface area contributed by atoms with E-state index in [1.54, 1.807) is 18.5 Å². The van der Waals surface area contributed by atoms with Crippen molar-refractivity contribution in [1.29, 1.82) is 0 Å². The predicted octanol–water partition coefficient (Wildman–Crippen LogP) is 1.43. The zero-order valence-corrected chi connectivity index (χ0v) is 8.67. The topological polar surface area (TPSA) is 51.2 Å². The third kappa shape index (κ3) is 3.52. The lowest BCUT2D eigenvalue weighted by Gasteiger charge is -2.03. The van der Waals surface area contributed by atoms with Crippen molar-refractivity contribution in [2.24, 2.45) is 0 Å². The summed E-state index contributed by atoms with van der Waals surface area (Å²) in [7, 11) is 1.47. The van der Waals surface area contributed by atoms with Crippen LogP contribution in [0.3, 0.4) is 0 Å². The van der Waals surface area contributed by atoms with Crippen molar-refractivity contribution < 1.29 is 9.53 Å². The molecular weight excluding hydrogens is 236 g/mol. The molecule has 1 N–H and O–H groups in total. The maximum atomic E-state index is 11.0. The van der Waals surface area contributed by atoms with Crippen LogP contribution in [0.4, 0.5) is 5.69 Å². The lowest BCUT2D eigenvalue weighted by atomic mass is 10.4. The van der Waals surface area contributed by atoms with E-state index in [4.69, 9.17) is 0 Å². The lowest BCUT2D eigenvalue weighted by Crippen LogP contribution is -2.17. The highest BCUT2D eigenvalue weighted by atomic mass is 79.9. The van der Waals surface area contributed by atoms with E-state index in [0.29, 0.717) is 5.69 Å². The summed E-state index contributed by atoms with van der Waals surface area (Å²) in [6, 6.07) is 1.76. The number of halogens is 1. The number of carbonyl (C=O) groups is 1. The molecule has 1 heterocycles. The maximum absolute atomic E-state index is 11.0. The summed E-state index contributed by atoms with van der Waals surface area (Å²) in [6.07, 6.45) is 3.21. The number of amides is 1. The van der Waals surface area contributed by atoms with E-state index in [1.807, 2.05) is 0 Å². The van der Waals surface area contributed by atoms with Crippen molar-refractivity contribution in [3.05, 3.63) is 22.9 Å². The van der Waals surface area contributed by atoms with Gasteiger partial charge in [0.05, 0.1) is 11.9 Å². The monoisotopic (exact) mass is 244 g/mol. The first-order valence-corrected chi connectivity index (χ1v) is 4.41. The molecule has 70 valence electrons. The minimum Gasteiger partial charge on any atom is -0.375 e. The van der Waals surface area contributed by atoms with Gasteiger partial charge < -0.3 is 10.1 Å². The van der Waals surface area contributed by atoms with Crippen molar-refractivity contribution >= 4 is 27.5 Å². The smallest absolute Gasteiger partial charge is 0.250 e. The lowest BCUT2D eigenvalue weighted by molar-refractivity contribution is -0.119. The number of anilines is 1. The summed E-state index contributed by atoms with van der Waals surface area (Å²) in [6.45, 7) is 0.0481. The SMILES string of the molecule is COCC(=O)Nc1cncc(Br)c1. The molecule has 0 aliphatic carbocycles. The van der Waals surface area contributed by atoms with Gasteiger partial charge in [-0.15, -0.1) is 0 Å². The minimum atomic E-state index is -0.192. The Kier molecular flexibility index (Phi) is 3.85. The highest BCUT2D eigenvalue weighted by molar-refractivity contribution is 9.10. The Morgan fingerprint density at radius 1 is 1.69 bits per heavy atom. The van der Waals surface area contributed by atoms with E-state index in [-0.39, 0.29) is 12.5 Å². The van der Waals surface area contributed by atoms with Gasteiger partial charge in [-0.1, -0.05) is 0 Å². The number of hydrogen-bond donors (Lipinski definition) is 1. The molecule has 0 aromatic carbocycles. The molecule has 1 aromatic rings. The number of rotatable bonds is 3. The van der Waals surface area contributed by atoms with Gasteiger partial charge in [-0.3, -0.25) is 9.78 Å². The Balaban J connectivity index is 2.58. The Morgan fingerprint density at radius 2 is 2.46 bits per heavy atom. The van der Waals surface area contributed by atoms with Gasteiger partial charge in [0.25, 0.3) is 0 Å². The summed E-state index contributed by atoms with van der Waals surface area (Å²) in [5.41, 5.74) is 0.649. The normalized spacial score (nSPS) is 9.69. The molecule has 1 rings (SSSR count). The molecule has 0 unspecified atom stereocenters. The van der Waals surface area contributed by atoms with Gasteiger partial charge in [0, 0.05) is 17.8 Å². The summed E-state index contributed by atoms with van der Waals surface area (Å²) in [5, 5.41) is 2.63. The quantitative estimate of drug-likeness (QED) is 0.876. The molecule has 1 amide bonds. The molecule has 0 aliphatic rings. The van der Waals surface area contributed by atoms with Crippen LogP contribution in [0.2, 0.25) is 0 Å². The fourth-order valence-electron chi connectivity index (χ4n) is 0.808. The van der Waals surface area contributed by atoms with E-state index in [1.165, 1.54) is 7.11 Å². The molecule has 0 radical (unpaired) electrons. The average Bonchev–Trinajstić information content (AvgIpc) is 2.04. The molecule has 0 saturated heterocycles. The number of pyridine rings is 1. The number of nitrogens with one attached hydrogen (secondary N) is 1. The van der Waals surface area contributed by atoms with Crippen LogP contribution < -0.4 is 5.32 Å². The molecule has 5 heteroatoms. The van der Waals surface area contributed by atoms with E-state index >= 15 is 0 Å². The second-order valence-corrected chi connectivity index (χ2v) is 3.29. The third-order valence-corrected chi connectivity index (χ3v) is 1.70. The summed E-state index contributed by atoms with van der Waals surface area (Å²) in [5.74, 6) is -0.192. The average molecular weight is 245 g/mol. The number of ether oxygens (including phenoxy) is 1. The van der Waals surface area contributed by atoms with Gasteiger partial charge in [-0.2, -0.15) is 0 Å². The molecule has 0 bridgehead atoms. The molecule has 0 spiro atoms. The first-order chi connectivity index (χ1) is 6.22. The van der Waals surface area contributed by atoms with Crippen LogP contribution in [0.1, 0.15) is 0 Å². The number of carbonyl (C=O) groups excluding carboxylic acids is 1. The van der Waals surface area contributed by atoms with E-state index in [2.05, 4.69) is 31.0 Å². The van der Waals surface area contributed by atoms with Crippen molar-refractivity contribution in [3.63, 3.8) is 0 Å². The third-order valence-electron chi connectivity index (χ3n) is 1.26. The summed E-state index contributed by atoms with van der Waals surface area (Å²) in [4.78, 5) is 14.9. The second-order valence-electron chi connectivity index (χ2n) is 2.37. The molecule has 0 atom stereocenters. The Labute approximate surface area is 84.4 Å². The molecule has 0 saturated carbocycles. The maximum Gasteiger partial charge on any atom is 0.250 e. The zero-order chi connectivity index (χ0) is 9.68. The number of nitrogens with zero attached hydrogens (tertiary/aromatic N) is 1. The fourth-order valence-corrected chi connectivity index (χ4v) is 1.17. The van der Waals surface area contributed by atoms with E-state index in [9.17, 15) is 4.79 Å². The van der Waals surface area contributed by atoms with Gasteiger partial charge in [0.1, 0.15) is 6.61 Å². The van der Waals surface area contributed by atoms with Crippen molar-refractivity contribution in [1.82, 2.24) is 4.98 Å². The standard InChI is InChI=1S/C8H9BrN2O2/c1-13-5-8(12)11-7-2-6(9)3-10-4-7/h2-4H,5H2,1H3,(H,11,12). The van der Waals surface area contributed by atoms with Crippen molar-refractivity contribution in [2.45, 2.75) is 0 Å². The minimum absolute atomic E-state index is 0.0481. The highest BCUT2D eigenvalue weighted by Gasteiger charge is 2.00. The van der Waals surface area contributed by atoms with E-state index in [0.717, 1.165) is 4.47 Å². The molecule has 1 aromatic heterocycles. The summed E-state index contributed by atoms with van der Waals surface area (Å²) < 4.78 is 5.48. The van der Waals surface area contributed by atoms with Gasteiger partial charge in [0.15, 0.2) is 0 Å². The van der Waals surface area contributed by atoms with Crippen LogP contribution in [-0.2, 0) is 9.53 Å². The Morgan fingerprint density at radius 3 is 3.08 bits per heavy atom. The highest BCUT2D eigenvalue weighted by Crippen LogP contribution is 2.13. The van der Waals surface area contributed by atoms with Gasteiger partial charge in [0.2, 0.25) is 5.91 Å². The van der Waals surface area contributed by atoms with Gasteiger partial charge in [-0.25, -0.2) is 0 Å². The predicted molar refractivity (Wildman–Crippen MR) is 52.4 cm³/mol. The molecule has 4 nitrogen and oxygen atoms in total. The Bertz CT molecular complexity index is 304.